The van der Waals surface area contributed by atoms with Crippen LogP contribution in [0.2, 0.25) is 0 Å². The number of Topliss-reactive ketones (excluding diaryl/α,β-unsaturated/α-hetero) is 1. The summed E-state index contributed by atoms with van der Waals surface area (Å²) in [5.74, 6) is -0.594. The minimum absolute atomic E-state index is 0.122. The lowest BCUT2D eigenvalue weighted by atomic mass is 9.89. The second-order valence-electron chi connectivity index (χ2n) is 5.21. The zero-order chi connectivity index (χ0) is 14.2. The summed E-state index contributed by atoms with van der Waals surface area (Å²) in [5.41, 5.74) is -0.537. The van der Waals surface area contributed by atoms with Crippen LogP contribution in [0.25, 0.3) is 11.5 Å². The maximum atomic E-state index is 12.0. The fourth-order valence-electron chi connectivity index (χ4n) is 1.55. The van der Waals surface area contributed by atoms with Gasteiger partial charge in [0.2, 0.25) is 11.5 Å². The molecule has 0 saturated carbocycles. The monoisotopic (exact) mass is 262 g/mol. The van der Waals surface area contributed by atoms with E-state index in [-0.39, 0.29) is 23.1 Å². The van der Waals surface area contributed by atoms with Gasteiger partial charge in [-0.2, -0.15) is 0 Å². The highest BCUT2D eigenvalue weighted by molar-refractivity contribution is 5.97. The molecule has 2 heterocycles. The van der Waals surface area contributed by atoms with Crippen LogP contribution in [0.3, 0.4) is 0 Å². The normalized spacial score (nSPS) is 11.5. The molecule has 0 amide bonds. The molecule has 100 valence electrons. The predicted octanol–water partition coefficient (Wildman–Crippen LogP) is 3.47. The van der Waals surface area contributed by atoms with E-state index in [0.29, 0.717) is 5.76 Å². The molecule has 0 aromatic carbocycles. The van der Waals surface area contributed by atoms with Crippen LogP contribution in [0.15, 0.2) is 33.1 Å². The van der Waals surface area contributed by atoms with Crippen molar-refractivity contribution in [2.24, 2.45) is 5.41 Å². The van der Waals surface area contributed by atoms with E-state index in [1.807, 2.05) is 0 Å². The quantitative estimate of drug-likeness (QED) is 0.856. The first-order valence-corrected chi connectivity index (χ1v) is 5.77. The van der Waals surface area contributed by atoms with Gasteiger partial charge in [-0.3, -0.25) is 4.79 Å². The van der Waals surface area contributed by atoms with Crippen molar-refractivity contribution in [3.05, 3.63) is 35.8 Å². The van der Waals surface area contributed by atoms with Crippen molar-refractivity contribution in [3.63, 3.8) is 0 Å². The third-order valence-electron chi connectivity index (χ3n) is 2.57. The Labute approximate surface area is 109 Å². The summed E-state index contributed by atoms with van der Waals surface area (Å²) in [6.07, 6.45) is 0. The van der Waals surface area contributed by atoms with Crippen molar-refractivity contribution < 1.29 is 23.5 Å². The van der Waals surface area contributed by atoms with Crippen LogP contribution in [-0.4, -0.2) is 16.9 Å². The van der Waals surface area contributed by atoms with Crippen molar-refractivity contribution in [2.45, 2.75) is 20.8 Å². The number of carboxylic acid groups (broad SMARTS) is 1. The molecule has 2 aromatic rings. The number of carbonyl (C=O) groups is 2. The molecule has 0 spiro atoms. The molecule has 5 heteroatoms. The summed E-state index contributed by atoms with van der Waals surface area (Å²) in [6.45, 7) is 5.40. The summed E-state index contributed by atoms with van der Waals surface area (Å²) in [5, 5.41) is 8.77. The Bertz CT molecular complexity index is 624. The molecule has 0 bridgehead atoms. The maximum absolute atomic E-state index is 12.0. The third kappa shape index (κ3) is 2.59. The number of furan rings is 2. The van der Waals surface area contributed by atoms with Gasteiger partial charge in [-0.15, -0.1) is 0 Å². The van der Waals surface area contributed by atoms with Crippen LogP contribution < -0.4 is 0 Å². The molecule has 0 aliphatic rings. The molecular weight excluding hydrogens is 248 g/mol. The van der Waals surface area contributed by atoms with Crippen molar-refractivity contribution in [1.29, 1.82) is 0 Å². The summed E-state index contributed by atoms with van der Waals surface area (Å²) >= 11 is 0. The molecule has 0 aliphatic heterocycles. The average molecular weight is 262 g/mol. The summed E-state index contributed by atoms with van der Waals surface area (Å²) in [4.78, 5) is 22.7. The van der Waals surface area contributed by atoms with E-state index in [1.165, 1.54) is 12.1 Å². The van der Waals surface area contributed by atoms with Crippen molar-refractivity contribution in [3.8, 4) is 11.5 Å². The Kier molecular flexibility index (Phi) is 3.06. The lowest BCUT2D eigenvalue weighted by molar-refractivity contribution is 0.0662. The van der Waals surface area contributed by atoms with Gasteiger partial charge in [0.25, 0.3) is 0 Å². The first kappa shape index (κ1) is 13.1. The van der Waals surface area contributed by atoms with Crippen LogP contribution in [-0.2, 0) is 0 Å². The molecule has 2 aromatic heterocycles. The Balaban J connectivity index is 2.30. The van der Waals surface area contributed by atoms with E-state index in [9.17, 15) is 9.59 Å². The minimum atomic E-state index is -1.15. The molecule has 19 heavy (non-hydrogen) atoms. The zero-order valence-corrected chi connectivity index (χ0v) is 10.9. The van der Waals surface area contributed by atoms with E-state index in [2.05, 4.69) is 0 Å². The van der Waals surface area contributed by atoms with Gasteiger partial charge in [-0.05, 0) is 24.3 Å². The summed E-state index contributed by atoms with van der Waals surface area (Å²) in [6, 6.07) is 5.98. The average Bonchev–Trinajstić information content (AvgIpc) is 2.95. The van der Waals surface area contributed by atoms with E-state index < -0.39 is 11.4 Å². The fraction of sp³-hybridized carbons (Fsp3) is 0.286. The summed E-state index contributed by atoms with van der Waals surface area (Å²) in [7, 11) is 0. The van der Waals surface area contributed by atoms with Crippen molar-refractivity contribution >= 4 is 11.8 Å². The second kappa shape index (κ2) is 4.42. The molecule has 5 nitrogen and oxygen atoms in total. The molecule has 0 fully saturated rings. The number of hydrogen-bond acceptors (Lipinski definition) is 4. The maximum Gasteiger partial charge on any atom is 0.371 e. The van der Waals surface area contributed by atoms with Crippen LogP contribution in [0.4, 0.5) is 0 Å². The van der Waals surface area contributed by atoms with Crippen molar-refractivity contribution in [1.82, 2.24) is 0 Å². The fourth-order valence-corrected chi connectivity index (χ4v) is 1.55. The van der Waals surface area contributed by atoms with Gasteiger partial charge in [0.05, 0.1) is 0 Å². The number of rotatable bonds is 3. The molecule has 0 atom stereocenters. The van der Waals surface area contributed by atoms with Crippen LogP contribution in [0, 0.1) is 5.41 Å². The number of carboxylic acids is 1. The number of ketones is 1. The smallest absolute Gasteiger partial charge is 0.371 e. The SMILES string of the molecule is CC(C)(C)C(=O)c1ccc(-c2ccc(C(=O)O)o2)o1. The molecule has 1 N–H and O–H groups in total. The van der Waals surface area contributed by atoms with Gasteiger partial charge < -0.3 is 13.9 Å². The number of carbonyl (C=O) groups excluding carboxylic acids is 1. The standard InChI is InChI=1S/C14H14O5/c1-14(2,3)12(15)10-6-4-8(18-10)9-5-7-11(19-9)13(16)17/h4-7H,1-3H3,(H,16,17). The largest absolute Gasteiger partial charge is 0.475 e. The van der Waals surface area contributed by atoms with Gasteiger partial charge in [-0.25, -0.2) is 4.79 Å². The van der Waals surface area contributed by atoms with Gasteiger partial charge in [0, 0.05) is 5.41 Å². The topological polar surface area (TPSA) is 80.7 Å². The molecule has 0 aliphatic carbocycles. The molecule has 2 rings (SSSR count). The van der Waals surface area contributed by atoms with E-state index in [4.69, 9.17) is 13.9 Å². The van der Waals surface area contributed by atoms with Gasteiger partial charge >= 0.3 is 5.97 Å². The van der Waals surface area contributed by atoms with Gasteiger partial charge in [0.1, 0.15) is 0 Å². The first-order valence-electron chi connectivity index (χ1n) is 5.77. The minimum Gasteiger partial charge on any atom is -0.475 e. The predicted molar refractivity (Wildman–Crippen MR) is 67.2 cm³/mol. The highest BCUT2D eigenvalue weighted by Crippen LogP contribution is 2.28. The molecular formula is C14H14O5. The van der Waals surface area contributed by atoms with Crippen LogP contribution >= 0.6 is 0 Å². The summed E-state index contributed by atoms with van der Waals surface area (Å²) < 4.78 is 10.5. The first-order chi connectivity index (χ1) is 8.79. The lowest BCUT2D eigenvalue weighted by Crippen LogP contribution is -2.19. The van der Waals surface area contributed by atoms with Crippen LogP contribution in [0.5, 0.6) is 0 Å². The number of aromatic carboxylic acids is 1. The van der Waals surface area contributed by atoms with Gasteiger partial charge in [-0.1, -0.05) is 20.8 Å². The molecule has 0 unspecified atom stereocenters. The van der Waals surface area contributed by atoms with E-state index in [1.54, 1.807) is 32.9 Å². The zero-order valence-electron chi connectivity index (χ0n) is 10.9. The number of hydrogen-bond donors (Lipinski definition) is 1. The van der Waals surface area contributed by atoms with Crippen molar-refractivity contribution in [2.75, 3.05) is 0 Å². The Hall–Kier alpha value is -2.30. The highest BCUT2D eigenvalue weighted by atomic mass is 16.4. The molecule has 0 radical (unpaired) electrons. The van der Waals surface area contributed by atoms with E-state index >= 15 is 0 Å². The highest BCUT2D eigenvalue weighted by Gasteiger charge is 2.26. The third-order valence-corrected chi connectivity index (χ3v) is 2.57. The Morgan fingerprint density at radius 1 is 0.947 bits per heavy atom. The van der Waals surface area contributed by atoms with E-state index in [0.717, 1.165) is 0 Å². The molecule has 0 saturated heterocycles. The van der Waals surface area contributed by atoms with Gasteiger partial charge in [0.15, 0.2) is 17.3 Å². The second-order valence-corrected chi connectivity index (χ2v) is 5.21. The Morgan fingerprint density at radius 2 is 1.42 bits per heavy atom. The van der Waals surface area contributed by atoms with Crippen LogP contribution in [0.1, 0.15) is 41.9 Å². The lowest BCUT2D eigenvalue weighted by Gasteiger charge is -2.13. The Morgan fingerprint density at radius 3 is 1.84 bits per heavy atom.